The van der Waals surface area contributed by atoms with Crippen LogP contribution in [0.3, 0.4) is 0 Å². The lowest BCUT2D eigenvalue weighted by molar-refractivity contribution is -0.118. The van der Waals surface area contributed by atoms with E-state index in [2.05, 4.69) is 15.5 Å². The Bertz CT molecular complexity index is 952. The van der Waals surface area contributed by atoms with Crippen molar-refractivity contribution in [2.45, 2.75) is 23.6 Å². The van der Waals surface area contributed by atoms with Gasteiger partial charge in [0, 0.05) is 38.9 Å². The first-order valence-electron chi connectivity index (χ1n) is 8.56. The average Bonchev–Trinajstić information content (AvgIpc) is 3.41. The van der Waals surface area contributed by atoms with Gasteiger partial charge in [0.1, 0.15) is 0 Å². The predicted octanol–water partition coefficient (Wildman–Crippen LogP) is 5.72. The molecule has 1 aliphatic carbocycles. The minimum Gasteiger partial charge on any atom is -0.307 e. The number of carbonyl (C=O) groups is 1. The van der Waals surface area contributed by atoms with Gasteiger partial charge in [-0.25, -0.2) is 0 Å². The molecule has 0 aliphatic heterocycles. The molecule has 2 aromatic carbocycles. The molecule has 0 bridgehead atoms. The normalized spacial score (nSPS) is 14.2. The Balaban J connectivity index is 1.76. The van der Waals surface area contributed by atoms with E-state index >= 15 is 0 Å². The fourth-order valence-corrected chi connectivity index (χ4v) is 4.11. The molecule has 27 heavy (non-hydrogen) atoms. The zero-order valence-corrected chi connectivity index (χ0v) is 16.4. The van der Waals surface area contributed by atoms with Crippen LogP contribution in [-0.2, 0) is 9.67 Å². The van der Waals surface area contributed by atoms with E-state index in [0.29, 0.717) is 32.9 Å². The minimum absolute atomic E-state index is 0.378. The average molecular weight is 421 g/mol. The molecule has 1 heterocycles. The van der Waals surface area contributed by atoms with Gasteiger partial charge in [0.2, 0.25) is 0 Å². The summed E-state index contributed by atoms with van der Waals surface area (Å²) in [6, 6.07) is 15.8. The molecule has 1 aliphatic rings. The molecule has 1 saturated carbocycles. The van der Waals surface area contributed by atoms with Gasteiger partial charge >= 0.3 is 0 Å². The SMILES string of the molecule is O=C(Nc1cc(C2CC2)[nH]n1)C(Cl)(c1ccccc1Cl)c1ccccc1Cl. The maximum Gasteiger partial charge on any atom is 0.256 e. The van der Waals surface area contributed by atoms with Gasteiger partial charge in [-0.3, -0.25) is 9.89 Å². The van der Waals surface area contributed by atoms with Gasteiger partial charge in [0.15, 0.2) is 10.7 Å². The lowest BCUT2D eigenvalue weighted by Gasteiger charge is -2.28. The van der Waals surface area contributed by atoms with Crippen molar-refractivity contribution < 1.29 is 4.79 Å². The molecule has 138 valence electrons. The summed E-state index contributed by atoms with van der Waals surface area (Å²) in [4.78, 5) is 11.7. The largest absolute Gasteiger partial charge is 0.307 e. The third-order valence-electron chi connectivity index (χ3n) is 4.66. The Kier molecular flexibility index (Phi) is 4.89. The second kappa shape index (κ2) is 7.19. The molecule has 0 unspecified atom stereocenters. The number of H-pyrrole nitrogens is 1. The number of halogens is 3. The zero-order chi connectivity index (χ0) is 19.0. The first-order valence-corrected chi connectivity index (χ1v) is 9.69. The summed E-state index contributed by atoms with van der Waals surface area (Å²) in [5.41, 5.74) is 1.93. The third kappa shape index (κ3) is 3.45. The van der Waals surface area contributed by atoms with E-state index in [0.717, 1.165) is 18.5 Å². The number of nitrogens with zero attached hydrogens (tertiary/aromatic N) is 1. The van der Waals surface area contributed by atoms with Crippen LogP contribution in [0.15, 0.2) is 54.6 Å². The van der Waals surface area contributed by atoms with Crippen LogP contribution in [-0.4, -0.2) is 16.1 Å². The van der Waals surface area contributed by atoms with Crippen LogP contribution in [0.2, 0.25) is 10.0 Å². The molecule has 1 amide bonds. The lowest BCUT2D eigenvalue weighted by Crippen LogP contribution is -2.37. The van der Waals surface area contributed by atoms with Crippen molar-refractivity contribution >= 4 is 46.5 Å². The molecule has 4 nitrogen and oxygen atoms in total. The van der Waals surface area contributed by atoms with E-state index in [1.807, 2.05) is 6.07 Å². The van der Waals surface area contributed by atoms with Crippen molar-refractivity contribution in [2.24, 2.45) is 0 Å². The molecular weight excluding hydrogens is 405 g/mol. The first kappa shape index (κ1) is 18.4. The summed E-state index contributed by atoms with van der Waals surface area (Å²) in [5, 5.41) is 10.7. The molecule has 7 heteroatoms. The second-order valence-electron chi connectivity index (χ2n) is 6.56. The second-order valence-corrected chi connectivity index (χ2v) is 7.94. The van der Waals surface area contributed by atoms with E-state index in [-0.39, 0.29) is 0 Å². The predicted molar refractivity (Wildman–Crippen MR) is 109 cm³/mol. The molecule has 4 rings (SSSR count). The monoisotopic (exact) mass is 419 g/mol. The van der Waals surface area contributed by atoms with Crippen molar-refractivity contribution in [1.29, 1.82) is 0 Å². The summed E-state index contributed by atoms with van der Waals surface area (Å²) >= 11 is 19.7. The molecule has 1 aromatic heterocycles. The summed E-state index contributed by atoms with van der Waals surface area (Å²) in [5.74, 6) is 0.446. The Labute approximate surface area is 171 Å². The summed E-state index contributed by atoms with van der Waals surface area (Å²) in [7, 11) is 0. The number of aromatic amines is 1. The van der Waals surface area contributed by atoms with Crippen LogP contribution < -0.4 is 5.32 Å². The number of amides is 1. The Morgan fingerprint density at radius 2 is 1.59 bits per heavy atom. The highest BCUT2D eigenvalue weighted by Gasteiger charge is 2.43. The summed E-state index contributed by atoms with van der Waals surface area (Å²) in [6.45, 7) is 0. The number of carbonyl (C=O) groups excluding carboxylic acids is 1. The highest BCUT2D eigenvalue weighted by molar-refractivity contribution is 6.43. The third-order valence-corrected chi connectivity index (χ3v) is 5.90. The number of hydrogen-bond donors (Lipinski definition) is 2. The molecular formula is C20H16Cl3N3O. The molecule has 0 saturated heterocycles. The molecule has 0 spiro atoms. The van der Waals surface area contributed by atoms with E-state index in [4.69, 9.17) is 34.8 Å². The van der Waals surface area contributed by atoms with Crippen LogP contribution in [0, 0.1) is 0 Å². The molecule has 2 N–H and O–H groups in total. The number of hydrogen-bond acceptors (Lipinski definition) is 2. The Morgan fingerprint density at radius 3 is 2.11 bits per heavy atom. The number of nitrogens with one attached hydrogen (secondary N) is 2. The molecule has 0 radical (unpaired) electrons. The molecule has 1 fully saturated rings. The standard InChI is InChI=1S/C20H16Cl3N3O/c21-15-7-3-1-5-13(15)20(23,14-6-2-4-8-16(14)22)19(27)24-18-11-17(25-26-18)12-9-10-12/h1-8,11-12H,9-10H2,(H2,24,25,26,27). The van der Waals surface area contributed by atoms with Gasteiger partial charge in [0.05, 0.1) is 0 Å². The lowest BCUT2D eigenvalue weighted by atomic mass is 9.89. The maximum atomic E-state index is 13.3. The van der Waals surface area contributed by atoms with E-state index in [1.54, 1.807) is 48.5 Å². The van der Waals surface area contributed by atoms with Crippen LogP contribution in [0.4, 0.5) is 5.82 Å². The molecule has 3 aromatic rings. The number of alkyl halides is 1. The Morgan fingerprint density at radius 1 is 1.04 bits per heavy atom. The topological polar surface area (TPSA) is 57.8 Å². The van der Waals surface area contributed by atoms with Gasteiger partial charge < -0.3 is 5.32 Å². The van der Waals surface area contributed by atoms with Crippen LogP contribution in [0.5, 0.6) is 0 Å². The highest BCUT2D eigenvalue weighted by atomic mass is 35.5. The van der Waals surface area contributed by atoms with Gasteiger partial charge in [0.25, 0.3) is 5.91 Å². The molecule has 0 atom stereocenters. The van der Waals surface area contributed by atoms with Crippen LogP contribution in [0.1, 0.15) is 35.6 Å². The number of anilines is 1. The van der Waals surface area contributed by atoms with E-state index in [9.17, 15) is 4.79 Å². The fraction of sp³-hybridized carbons (Fsp3) is 0.200. The number of rotatable bonds is 5. The summed E-state index contributed by atoms with van der Waals surface area (Å²) < 4.78 is 0. The smallest absolute Gasteiger partial charge is 0.256 e. The van der Waals surface area contributed by atoms with Gasteiger partial charge in [-0.2, -0.15) is 5.10 Å². The van der Waals surface area contributed by atoms with Crippen LogP contribution in [0.25, 0.3) is 0 Å². The van der Waals surface area contributed by atoms with E-state index in [1.165, 1.54) is 0 Å². The van der Waals surface area contributed by atoms with Crippen molar-refractivity contribution in [3.05, 3.63) is 81.5 Å². The van der Waals surface area contributed by atoms with Crippen molar-refractivity contribution in [2.75, 3.05) is 5.32 Å². The van der Waals surface area contributed by atoms with Crippen molar-refractivity contribution in [3.63, 3.8) is 0 Å². The van der Waals surface area contributed by atoms with Crippen molar-refractivity contribution in [1.82, 2.24) is 10.2 Å². The van der Waals surface area contributed by atoms with Crippen molar-refractivity contribution in [3.8, 4) is 0 Å². The maximum absolute atomic E-state index is 13.3. The minimum atomic E-state index is -1.60. The van der Waals surface area contributed by atoms with Gasteiger partial charge in [-0.15, -0.1) is 0 Å². The summed E-state index contributed by atoms with van der Waals surface area (Å²) in [6.07, 6.45) is 2.27. The van der Waals surface area contributed by atoms with Gasteiger partial charge in [-0.1, -0.05) is 71.2 Å². The van der Waals surface area contributed by atoms with E-state index < -0.39 is 10.8 Å². The van der Waals surface area contributed by atoms with Gasteiger partial charge in [-0.05, 0) is 25.0 Å². The number of aromatic nitrogens is 2. The fourth-order valence-electron chi connectivity index (χ4n) is 3.08. The number of benzene rings is 2. The Hall–Kier alpha value is -2.01. The highest BCUT2D eigenvalue weighted by Crippen LogP contribution is 2.44. The zero-order valence-electron chi connectivity index (χ0n) is 14.2. The first-order chi connectivity index (χ1) is 13.0. The quantitative estimate of drug-likeness (QED) is 0.519. The van der Waals surface area contributed by atoms with Crippen LogP contribution >= 0.6 is 34.8 Å².